The summed E-state index contributed by atoms with van der Waals surface area (Å²) in [5, 5.41) is 11.8. The van der Waals surface area contributed by atoms with Gasteiger partial charge in [0.2, 0.25) is 0 Å². The molecule has 3 N–H and O–H groups in total. The van der Waals surface area contributed by atoms with Gasteiger partial charge in [0, 0.05) is 42.9 Å². The van der Waals surface area contributed by atoms with E-state index in [1.807, 2.05) is 20.8 Å². The van der Waals surface area contributed by atoms with E-state index in [1.54, 1.807) is 6.07 Å². The van der Waals surface area contributed by atoms with Crippen molar-refractivity contribution in [1.29, 1.82) is 0 Å². The molecule has 0 aliphatic carbocycles. The number of carbonyl (C=O) groups excluding carboxylic acids is 2. The number of urea groups is 1. The summed E-state index contributed by atoms with van der Waals surface area (Å²) in [4.78, 5) is 28.5. The molecule has 0 unspecified atom stereocenters. The van der Waals surface area contributed by atoms with E-state index in [9.17, 15) is 22.8 Å². The number of anilines is 2. The molecule has 0 radical (unpaired) electrons. The summed E-state index contributed by atoms with van der Waals surface area (Å²) in [6.45, 7) is 5.65. The van der Waals surface area contributed by atoms with E-state index in [0.29, 0.717) is 11.8 Å². The van der Waals surface area contributed by atoms with Gasteiger partial charge in [-0.2, -0.15) is 5.10 Å². The lowest BCUT2D eigenvalue weighted by Crippen LogP contribution is -2.22. The molecule has 9 nitrogen and oxygen atoms in total. The van der Waals surface area contributed by atoms with Gasteiger partial charge in [0.1, 0.15) is 40.3 Å². The number of benzene rings is 2. The maximum Gasteiger partial charge on any atom is 0.324 e. The second-order valence-corrected chi connectivity index (χ2v) is 9.45. The summed E-state index contributed by atoms with van der Waals surface area (Å²) < 4.78 is 49.5. The first kappa shape index (κ1) is 27.2. The number of hydrogen-bond donors (Lipinski definition) is 3. The second kappa shape index (κ2) is 10.9. The van der Waals surface area contributed by atoms with Gasteiger partial charge < -0.3 is 15.4 Å². The highest BCUT2D eigenvalue weighted by molar-refractivity contribution is 5.99. The topological polar surface area (TPSA) is 110 Å². The number of nitrogens with zero attached hydrogens (tertiary/aromatic N) is 3. The molecule has 0 saturated carbocycles. The standard InChI is InChI=1S/C27H25F3N6O3/c1-27(2,3)23-14-24(36(35-23)22-8-5-15(28)11-19(22)30)34-26(38)33-20-7-6-16(12-18(20)29)39-17-9-10-32-21(13-17)25(37)31-4/h5-14H,1-4H3,(H,31,37)(H2,33,34,38). The Hall–Kier alpha value is -4.87. The highest BCUT2D eigenvalue weighted by atomic mass is 19.1. The Bertz CT molecular complexity index is 1550. The van der Waals surface area contributed by atoms with Crippen molar-refractivity contribution in [2.75, 3.05) is 17.7 Å². The molecular weight excluding hydrogens is 513 g/mol. The quantitative estimate of drug-likeness (QED) is 0.288. The predicted molar refractivity (Wildman–Crippen MR) is 139 cm³/mol. The number of ether oxygens (including phenoxy) is 1. The fourth-order valence-corrected chi connectivity index (χ4v) is 3.47. The van der Waals surface area contributed by atoms with Gasteiger partial charge in [0.25, 0.3) is 5.91 Å². The second-order valence-electron chi connectivity index (χ2n) is 9.45. The molecule has 2 aromatic carbocycles. The van der Waals surface area contributed by atoms with Crippen LogP contribution in [-0.4, -0.2) is 33.8 Å². The molecule has 0 aliphatic rings. The molecule has 2 heterocycles. The fourth-order valence-electron chi connectivity index (χ4n) is 3.47. The summed E-state index contributed by atoms with van der Waals surface area (Å²) in [5.74, 6) is -2.37. The minimum Gasteiger partial charge on any atom is -0.457 e. The van der Waals surface area contributed by atoms with Gasteiger partial charge in [0.15, 0.2) is 5.82 Å². The van der Waals surface area contributed by atoms with Crippen LogP contribution in [0.1, 0.15) is 37.0 Å². The van der Waals surface area contributed by atoms with Crippen molar-refractivity contribution in [2.24, 2.45) is 0 Å². The van der Waals surface area contributed by atoms with E-state index in [1.165, 1.54) is 43.6 Å². The Kier molecular flexibility index (Phi) is 7.56. The van der Waals surface area contributed by atoms with Gasteiger partial charge in [-0.25, -0.2) is 22.6 Å². The lowest BCUT2D eigenvalue weighted by atomic mass is 9.92. The molecule has 0 aliphatic heterocycles. The maximum atomic E-state index is 14.8. The Morgan fingerprint density at radius 2 is 1.64 bits per heavy atom. The minimum atomic E-state index is -0.875. The highest BCUT2D eigenvalue weighted by Crippen LogP contribution is 2.29. The average molecular weight is 539 g/mol. The van der Waals surface area contributed by atoms with Crippen LogP contribution in [0.3, 0.4) is 0 Å². The predicted octanol–water partition coefficient (Wildman–Crippen LogP) is 5.78. The third-order valence-electron chi connectivity index (χ3n) is 5.47. The Labute approximate surface area is 222 Å². The zero-order valence-corrected chi connectivity index (χ0v) is 21.5. The van der Waals surface area contributed by atoms with E-state index < -0.39 is 34.8 Å². The molecule has 202 valence electrons. The third-order valence-corrected chi connectivity index (χ3v) is 5.47. The van der Waals surface area contributed by atoms with E-state index in [2.05, 4.69) is 26.0 Å². The zero-order chi connectivity index (χ0) is 28.3. The number of rotatable bonds is 6. The molecule has 0 saturated heterocycles. The molecule has 4 aromatic rings. The molecule has 0 atom stereocenters. The number of aromatic nitrogens is 3. The Balaban J connectivity index is 1.52. The summed E-state index contributed by atoms with van der Waals surface area (Å²) in [6.07, 6.45) is 1.38. The monoisotopic (exact) mass is 538 g/mol. The molecule has 4 rings (SSSR count). The lowest BCUT2D eigenvalue weighted by molar-refractivity contribution is 0.0957. The van der Waals surface area contributed by atoms with Crippen molar-refractivity contribution in [3.8, 4) is 17.2 Å². The van der Waals surface area contributed by atoms with Gasteiger partial charge in [-0.05, 0) is 30.3 Å². The zero-order valence-electron chi connectivity index (χ0n) is 21.5. The maximum absolute atomic E-state index is 14.8. The number of amides is 3. The van der Waals surface area contributed by atoms with Crippen molar-refractivity contribution < 1.29 is 27.5 Å². The average Bonchev–Trinajstić information content (AvgIpc) is 3.29. The van der Waals surface area contributed by atoms with Crippen LogP contribution < -0.4 is 20.7 Å². The van der Waals surface area contributed by atoms with Gasteiger partial charge in [-0.15, -0.1) is 0 Å². The summed E-state index contributed by atoms with van der Waals surface area (Å²) in [6, 6.07) is 10.4. The van der Waals surface area contributed by atoms with Crippen molar-refractivity contribution in [1.82, 2.24) is 20.1 Å². The molecule has 0 bridgehead atoms. The molecule has 12 heteroatoms. The first-order valence-corrected chi connectivity index (χ1v) is 11.7. The minimum absolute atomic E-state index is 0.0782. The SMILES string of the molecule is CNC(=O)c1cc(Oc2ccc(NC(=O)Nc3cc(C(C)(C)C)nn3-c3ccc(F)cc3F)c(F)c2)ccn1. The van der Waals surface area contributed by atoms with E-state index in [-0.39, 0.29) is 34.4 Å². The first-order valence-electron chi connectivity index (χ1n) is 11.7. The van der Waals surface area contributed by atoms with Crippen molar-refractivity contribution >= 4 is 23.4 Å². The highest BCUT2D eigenvalue weighted by Gasteiger charge is 2.23. The Morgan fingerprint density at radius 1 is 0.897 bits per heavy atom. The molecule has 0 fully saturated rings. The molecule has 2 aromatic heterocycles. The largest absolute Gasteiger partial charge is 0.457 e. The van der Waals surface area contributed by atoms with Crippen LogP contribution in [0, 0.1) is 17.5 Å². The number of halogens is 3. The summed E-state index contributed by atoms with van der Waals surface area (Å²) in [7, 11) is 1.47. The first-order chi connectivity index (χ1) is 18.4. The summed E-state index contributed by atoms with van der Waals surface area (Å²) in [5.41, 5.74) is -0.0297. The van der Waals surface area contributed by atoms with Gasteiger partial charge in [0.05, 0.1) is 11.4 Å². The Morgan fingerprint density at radius 3 is 2.31 bits per heavy atom. The van der Waals surface area contributed by atoms with Gasteiger partial charge in [-0.3, -0.25) is 15.1 Å². The molecular formula is C27H25F3N6O3. The van der Waals surface area contributed by atoms with Gasteiger partial charge >= 0.3 is 6.03 Å². The van der Waals surface area contributed by atoms with Crippen LogP contribution in [0.2, 0.25) is 0 Å². The molecule has 0 spiro atoms. The van der Waals surface area contributed by atoms with Crippen LogP contribution in [0.25, 0.3) is 5.69 Å². The van der Waals surface area contributed by atoms with E-state index in [4.69, 9.17) is 4.74 Å². The van der Waals surface area contributed by atoms with Crippen molar-refractivity contribution in [3.05, 3.63) is 89.6 Å². The normalized spacial score (nSPS) is 11.2. The molecule has 3 amide bonds. The number of pyridine rings is 1. The smallest absolute Gasteiger partial charge is 0.324 e. The number of hydrogen-bond acceptors (Lipinski definition) is 5. The van der Waals surface area contributed by atoms with Gasteiger partial charge in [-0.1, -0.05) is 20.8 Å². The molecule has 39 heavy (non-hydrogen) atoms. The van der Waals surface area contributed by atoms with Crippen LogP contribution in [0.15, 0.2) is 60.8 Å². The number of carbonyl (C=O) groups is 2. The van der Waals surface area contributed by atoms with Crippen molar-refractivity contribution in [2.45, 2.75) is 26.2 Å². The van der Waals surface area contributed by atoms with Crippen molar-refractivity contribution in [3.63, 3.8) is 0 Å². The van der Waals surface area contributed by atoms with Crippen LogP contribution in [0.4, 0.5) is 29.5 Å². The van der Waals surface area contributed by atoms with E-state index in [0.717, 1.165) is 16.8 Å². The fraction of sp³-hybridized carbons (Fsp3) is 0.185. The number of nitrogens with one attached hydrogen (secondary N) is 3. The third kappa shape index (κ3) is 6.35. The van der Waals surface area contributed by atoms with E-state index >= 15 is 0 Å². The van der Waals surface area contributed by atoms with Crippen LogP contribution in [-0.2, 0) is 5.41 Å². The lowest BCUT2D eigenvalue weighted by Gasteiger charge is -2.14. The van der Waals surface area contributed by atoms with Crippen LogP contribution >= 0.6 is 0 Å². The van der Waals surface area contributed by atoms with Crippen LogP contribution in [0.5, 0.6) is 11.5 Å². The summed E-state index contributed by atoms with van der Waals surface area (Å²) >= 11 is 0.